The summed E-state index contributed by atoms with van der Waals surface area (Å²) < 4.78 is 15.8. The molecule has 0 aliphatic heterocycles. The van der Waals surface area contributed by atoms with Gasteiger partial charge in [0.1, 0.15) is 36.0 Å². The lowest BCUT2D eigenvalue weighted by atomic mass is 10.0. The Balaban J connectivity index is 3.56. The van der Waals surface area contributed by atoms with Crippen LogP contribution >= 0.6 is 7.82 Å². The highest BCUT2D eigenvalue weighted by Gasteiger charge is 2.35. The van der Waals surface area contributed by atoms with Crippen LogP contribution in [0, 0.1) is 5.92 Å². The number of aliphatic imine (C=N–C) groups is 1. The molecule has 26 nitrogen and oxygen atoms in total. The fourth-order valence-electron chi connectivity index (χ4n) is 5.24. The Labute approximate surface area is 347 Å². The van der Waals surface area contributed by atoms with E-state index in [1.54, 1.807) is 0 Å². The Bertz CT molecular complexity index is 1820. The maximum atomic E-state index is 13.8. The second kappa shape index (κ2) is 25.3. The van der Waals surface area contributed by atoms with Crippen molar-refractivity contribution in [3.63, 3.8) is 0 Å². The van der Waals surface area contributed by atoms with Crippen LogP contribution in [0.1, 0.15) is 64.4 Å². The van der Waals surface area contributed by atoms with E-state index in [9.17, 15) is 68.1 Å². The van der Waals surface area contributed by atoms with E-state index in [0.29, 0.717) is 0 Å². The number of amides is 5. The molecular weight excluding hydrogens is 837 g/mol. The van der Waals surface area contributed by atoms with Crippen LogP contribution in [-0.2, 0) is 54.1 Å². The minimum Gasteiger partial charge on any atom is -0.481 e. The zero-order valence-corrected chi connectivity index (χ0v) is 33.9. The van der Waals surface area contributed by atoms with Crippen LogP contribution in [0.15, 0.2) is 29.3 Å². The molecule has 17 N–H and O–H groups in total. The summed E-state index contributed by atoms with van der Waals surface area (Å²) in [4.78, 5) is 136. The molecule has 0 aliphatic rings. The average Bonchev–Trinajstić information content (AvgIpc) is 3.13. The first-order valence-corrected chi connectivity index (χ1v) is 19.9. The molecule has 0 bridgehead atoms. The molecular formula is C34H52N9O17P. The molecule has 1 rings (SSSR count). The first kappa shape index (κ1) is 52.6. The highest BCUT2D eigenvalue weighted by molar-refractivity contribution is 7.46. The third-order valence-corrected chi connectivity index (χ3v) is 8.78. The molecule has 61 heavy (non-hydrogen) atoms. The topological polar surface area (TPSA) is 452 Å². The number of hydrogen-bond donors (Lipinski definition) is 14. The molecule has 0 aromatic heterocycles. The molecule has 0 saturated heterocycles. The second-order valence-corrected chi connectivity index (χ2v) is 14.9. The number of hydrogen-bond acceptors (Lipinski definition) is 13. The quantitative estimate of drug-likeness (QED) is 0.0168. The van der Waals surface area contributed by atoms with Crippen LogP contribution in [0.5, 0.6) is 5.75 Å². The molecule has 6 atom stereocenters. The lowest BCUT2D eigenvalue weighted by Crippen LogP contribution is -2.60. The molecule has 0 fully saturated rings. The number of carbonyl (C=O) groups excluding carboxylic acids is 5. The van der Waals surface area contributed by atoms with Gasteiger partial charge in [-0.1, -0.05) is 26.0 Å². The second-order valence-electron chi connectivity index (χ2n) is 13.8. The molecule has 0 spiro atoms. The predicted molar refractivity (Wildman–Crippen MR) is 209 cm³/mol. The standard InChI is InChI=1S/C34H52N9O17P/c1-16(2)27(33(55)56)43-32(54)23(15-26(48)49)42-31(53)22(14-17-5-7-18(8-6-17)60-61(57,58)59)41-30(52)21(10-12-25(46)47)40-29(51)20(9-11-24(44)45)39-28(50)19(35)4-3-13-38-34(36)37/h5-8,16,19-23,27H,3-4,9-15,35H2,1-2H3,(H,39,50)(H,40,51)(H,41,52)(H,42,53)(H,43,54)(H,44,45)(H,46,47)(H,48,49)(H,55,56)(H4,36,37,38)(H2,57,58,59)/t19-,20-,21-,22?,23-,27-/m0/s1. The van der Waals surface area contributed by atoms with Gasteiger partial charge < -0.3 is 68.7 Å². The number of phosphoric acid groups is 1. The number of carbonyl (C=O) groups is 9. The van der Waals surface area contributed by atoms with Gasteiger partial charge in [-0.3, -0.25) is 53.1 Å². The van der Waals surface area contributed by atoms with Crippen molar-refractivity contribution >= 4 is 67.2 Å². The smallest absolute Gasteiger partial charge is 0.481 e. The zero-order chi connectivity index (χ0) is 46.6. The molecule has 5 amide bonds. The van der Waals surface area contributed by atoms with Gasteiger partial charge in [0.15, 0.2) is 5.96 Å². The summed E-state index contributed by atoms with van der Waals surface area (Å²) in [5.41, 5.74) is 16.6. The summed E-state index contributed by atoms with van der Waals surface area (Å²) in [5.74, 6) is -12.9. The SMILES string of the molecule is CC(C)[C@H](NC(=O)[C@H](CC(=O)O)NC(=O)C(Cc1ccc(OP(=O)(O)O)cc1)NC(=O)[C@H](CCC(=O)O)NC(=O)[C@H](CCC(=O)O)NC(=O)[C@@H](N)CCCN=C(N)N)C(=O)O. The number of rotatable bonds is 28. The monoisotopic (exact) mass is 889 g/mol. The van der Waals surface area contributed by atoms with Crippen molar-refractivity contribution in [1.82, 2.24) is 26.6 Å². The normalized spacial score (nSPS) is 14.1. The van der Waals surface area contributed by atoms with E-state index in [-0.39, 0.29) is 36.7 Å². The third-order valence-electron chi connectivity index (χ3n) is 8.33. The van der Waals surface area contributed by atoms with E-state index >= 15 is 0 Å². The minimum absolute atomic E-state index is 0.0231. The van der Waals surface area contributed by atoms with Crippen molar-refractivity contribution < 1.29 is 82.5 Å². The number of nitrogens with two attached hydrogens (primary N) is 3. The molecule has 0 radical (unpaired) electrons. The number of carboxylic acids is 4. The van der Waals surface area contributed by atoms with Crippen molar-refractivity contribution in [1.29, 1.82) is 0 Å². The van der Waals surface area contributed by atoms with Crippen molar-refractivity contribution in [2.75, 3.05) is 6.54 Å². The Morgan fingerprint density at radius 3 is 1.57 bits per heavy atom. The number of aliphatic carboxylic acids is 4. The lowest BCUT2D eigenvalue weighted by molar-refractivity contribution is -0.144. The molecule has 0 saturated carbocycles. The number of phosphoric ester groups is 1. The highest BCUT2D eigenvalue weighted by atomic mass is 31.2. The van der Waals surface area contributed by atoms with Crippen LogP contribution in [-0.4, -0.2) is 132 Å². The summed E-state index contributed by atoms with van der Waals surface area (Å²) >= 11 is 0. The van der Waals surface area contributed by atoms with Crippen molar-refractivity contribution in [2.24, 2.45) is 28.1 Å². The van der Waals surface area contributed by atoms with Gasteiger partial charge in [0.25, 0.3) is 0 Å². The largest absolute Gasteiger partial charge is 0.524 e. The molecule has 0 heterocycles. The van der Waals surface area contributed by atoms with Crippen molar-refractivity contribution in [3.05, 3.63) is 29.8 Å². The highest BCUT2D eigenvalue weighted by Crippen LogP contribution is 2.37. The number of nitrogens with one attached hydrogen (secondary N) is 5. The van der Waals surface area contributed by atoms with E-state index in [0.717, 1.165) is 12.1 Å². The lowest BCUT2D eigenvalue weighted by Gasteiger charge is -2.27. The van der Waals surface area contributed by atoms with Gasteiger partial charge in [0.05, 0.1) is 12.5 Å². The van der Waals surface area contributed by atoms with Crippen LogP contribution in [0.2, 0.25) is 0 Å². The number of nitrogens with zero attached hydrogens (tertiary/aromatic N) is 1. The van der Waals surface area contributed by atoms with Crippen LogP contribution in [0.3, 0.4) is 0 Å². The summed E-state index contributed by atoms with van der Waals surface area (Å²) in [5, 5.41) is 48.8. The van der Waals surface area contributed by atoms with Gasteiger partial charge >= 0.3 is 31.7 Å². The van der Waals surface area contributed by atoms with Gasteiger partial charge in [-0.25, -0.2) is 9.36 Å². The number of carboxylic acid groups (broad SMARTS) is 4. The summed E-state index contributed by atoms with van der Waals surface area (Å²) in [7, 11) is -4.99. The van der Waals surface area contributed by atoms with Gasteiger partial charge in [-0.2, -0.15) is 0 Å². The Kier molecular flexibility index (Phi) is 21.8. The minimum atomic E-state index is -4.99. The van der Waals surface area contributed by atoms with Gasteiger partial charge in [0.2, 0.25) is 29.5 Å². The van der Waals surface area contributed by atoms with Crippen LogP contribution in [0.4, 0.5) is 0 Å². The first-order valence-electron chi connectivity index (χ1n) is 18.3. The molecule has 27 heteroatoms. The fraction of sp³-hybridized carbons (Fsp3) is 0.529. The number of benzene rings is 1. The maximum absolute atomic E-state index is 13.8. The Morgan fingerprint density at radius 1 is 0.672 bits per heavy atom. The maximum Gasteiger partial charge on any atom is 0.524 e. The van der Waals surface area contributed by atoms with E-state index in [1.807, 2.05) is 0 Å². The zero-order valence-electron chi connectivity index (χ0n) is 33.0. The number of guanidine groups is 1. The van der Waals surface area contributed by atoms with E-state index < -0.39 is 142 Å². The molecule has 0 aliphatic carbocycles. The summed E-state index contributed by atoms with van der Waals surface area (Å²) in [6, 6.07) is -5.33. The van der Waals surface area contributed by atoms with Gasteiger partial charge in [-0.05, 0) is 49.3 Å². The van der Waals surface area contributed by atoms with E-state index in [4.69, 9.17) is 27.0 Å². The summed E-state index contributed by atoms with van der Waals surface area (Å²) in [6.45, 7) is 3.00. The van der Waals surface area contributed by atoms with Gasteiger partial charge in [0, 0.05) is 25.8 Å². The summed E-state index contributed by atoms with van der Waals surface area (Å²) in [6.07, 6.45) is -3.93. The average molecular weight is 890 g/mol. The molecule has 1 aromatic rings. The van der Waals surface area contributed by atoms with Crippen molar-refractivity contribution in [3.8, 4) is 5.75 Å². The Morgan fingerprint density at radius 2 is 1.13 bits per heavy atom. The van der Waals surface area contributed by atoms with Crippen LogP contribution < -0.4 is 48.3 Å². The van der Waals surface area contributed by atoms with E-state index in [1.165, 1.54) is 26.0 Å². The van der Waals surface area contributed by atoms with Crippen molar-refractivity contribution in [2.45, 2.75) is 101 Å². The molecule has 1 aromatic carbocycles. The fourth-order valence-corrected chi connectivity index (χ4v) is 5.64. The molecule has 1 unspecified atom stereocenters. The third kappa shape index (κ3) is 21.5. The van der Waals surface area contributed by atoms with E-state index in [2.05, 4.69) is 36.1 Å². The van der Waals surface area contributed by atoms with Crippen LogP contribution in [0.25, 0.3) is 0 Å². The Hall–Kier alpha value is -6.37. The first-order chi connectivity index (χ1) is 28.3. The van der Waals surface area contributed by atoms with Gasteiger partial charge in [-0.15, -0.1) is 0 Å². The molecule has 340 valence electrons. The predicted octanol–water partition coefficient (Wildman–Crippen LogP) is -3.55.